The van der Waals surface area contributed by atoms with E-state index in [0.29, 0.717) is 0 Å². The quantitative estimate of drug-likeness (QED) is 0.410. The molecule has 0 aliphatic carbocycles. The van der Waals surface area contributed by atoms with E-state index in [2.05, 4.69) is 10.2 Å². The average Bonchev–Trinajstić information content (AvgIpc) is 2.46. The molecule has 0 aromatic heterocycles. The molecule has 0 heterocycles. The Labute approximate surface area is 107 Å². The van der Waals surface area contributed by atoms with E-state index in [1.807, 2.05) is 0 Å². The molecule has 1 rings (SSSR count). The molecule has 98 valence electrons. The van der Waals surface area contributed by atoms with E-state index < -0.39 is 17.4 Å². The Bertz CT molecular complexity index is 514. The first-order chi connectivity index (χ1) is 9.13. The minimum absolute atomic E-state index is 0.0918. The zero-order valence-corrected chi connectivity index (χ0v) is 9.60. The van der Waals surface area contributed by atoms with E-state index in [1.165, 1.54) is 18.2 Å². The summed E-state index contributed by atoms with van der Waals surface area (Å²) in [4.78, 5) is 42.9. The predicted molar refractivity (Wildman–Crippen MR) is 61.0 cm³/mol. The van der Waals surface area contributed by atoms with E-state index in [-0.39, 0.29) is 30.7 Å². The zero-order valence-electron chi connectivity index (χ0n) is 9.60. The Balaban J connectivity index is 3.29. The maximum absolute atomic E-state index is 13.6. The molecule has 0 bridgehead atoms. The van der Waals surface area contributed by atoms with Gasteiger partial charge in [-0.2, -0.15) is 10.2 Å². The second-order valence-electron chi connectivity index (χ2n) is 3.52. The maximum Gasteiger partial charge on any atom is 0.219 e. The van der Waals surface area contributed by atoms with Crippen molar-refractivity contribution in [2.45, 2.75) is 11.6 Å². The van der Waals surface area contributed by atoms with Gasteiger partial charge in [-0.1, -0.05) is 18.2 Å². The molecule has 19 heavy (non-hydrogen) atoms. The lowest BCUT2D eigenvalue weighted by atomic mass is 9.93. The van der Waals surface area contributed by atoms with Crippen molar-refractivity contribution in [1.29, 1.82) is 0 Å². The van der Waals surface area contributed by atoms with Gasteiger partial charge in [-0.25, -0.2) is 4.39 Å². The molecule has 0 saturated heterocycles. The van der Waals surface area contributed by atoms with Crippen LogP contribution in [0.5, 0.6) is 0 Å². The van der Waals surface area contributed by atoms with Crippen LogP contribution in [0.2, 0.25) is 0 Å². The average molecular weight is 264 g/mol. The Morgan fingerprint density at radius 2 is 1.63 bits per heavy atom. The molecular weight excluding hydrogens is 255 g/mol. The normalized spacial score (nSPS) is 11.5. The monoisotopic (exact) mass is 264 g/mol. The second kappa shape index (κ2) is 6.39. The molecule has 0 unspecified atom stereocenters. The SMILES string of the molecule is O=CC(C=O)N=NC(C=O)(C=O)c1ccccc1F. The largest absolute Gasteiger partial charge is 0.300 e. The highest BCUT2D eigenvalue weighted by molar-refractivity contribution is 5.91. The van der Waals surface area contributed by atoms with Crippen molar-refractivity contribution in [3.63, 3.8) is 0 Å². The highest BCUT2D eigenvalue weighted by Gasteiger charge is 2.35. The number of hydrogen-bond acceptors (Lipinski definition) is 6. The number of halogens is 1. The molecule has 0 N–H and O–H groups in total. The topological polar surface area (TPSA) is 93.0 Å². The molecule has 0 radical (unpaired) electrons. The Kier molecular flexibility index (Phi) is 4.87. The van der Waals surface area contributed by atoms with Gasteiger partial charge in [0.1, 0.15) is 5.82 Å². The number of azo groups is 1. The lowest BCUT2D eigenvalue weighted by Crippen LogP contribution is -2.29. The van der Waals surface area contributed by atoms with E-state index >= 15 is 0 Å². The highest BCUT2D eigenvalue weighted by atomic mass is 19.1. The Morgan fingerprint density at radius 3 is 2.11 bits per heavy atom. The van der Waals surface area contributed by atoms with E-state index in [9.17, 15) is 23.6 Å². The summed E-state index contributed by atoms with van der Waals surface area (Å²) in [6.07, 6.45) is 0.541. The zero-order chi connectivity index (χ0) is 14.3. The van der Waals surface area contributed by atoms with E-state index in [4.69, 9.17) is 0 Å². The van der Waals surface area contributed by atoms with Gasteiger partial charge >= 0.3 is 0 Å². The summed E-state index contributed by atoms with van der Waals surface area (Å²) in [6.45, 7) is 0. The number of hydrogen-bond donors (Lipinski definition) is 0. The number of benzene rings is 1. The van der Waals surface area contributed by atoms with Crippen molar-refractivity contribution in [1.82, 2.24) is 0 Å². The third-order valence-electron chi connectivity index (χ3n) is 2.30. The van der Waals surface area contributed by atoms with Crippen LogP contribution in [0, 0.1) is 5.82 Å². The minimum atomic E-state index is -2.20. The molecule has 0 amide bonds. The fraction of sp³-hybridized carbons (Fsp3) is 0.167. The van der Waals surface area contributed by atoms with Gasteiger partial charge in [-0.3, -0.25) is 9.59 Å². The molecule has 1 aromatic rings. The van der Waals surface area contributed by atoms with Gasteiger partial charge in [0.15, 0.2) is 31.2 Å². The molecule has 0 fully saturated rings. The van der Waals surface area contributed by atoms with Crippen molar-refractivity contribution in [2.75, 3.05) is 0 Å². The fourth-order valence-corrected chi connectivity index (χ4v) is 1.29. The molecule has 0 aliphatic heterocycles. The van der Waals surface area contributed by atoms with Crippen LogP contribution in [-0.2, 0) is 24.7 Å². The standard InChI is InChI=1S/C12H9FN2O4/c13-11-4-2-1-3-10(11)12(7-18,8-19)15-14-9(5-16)6-17/h1-9H. The molecule has 1 aromatic carbocycles. The molecule has 0 atom stereocenters. The summed E-state index contributed by atoms with van der Waals surface area (Å²) in [5, 5.41) is 6.60. The first-order valence-electron chi connectivity index (χ1n) is 5.13. The number of carbonyl (C=O) groups excluding carboxylic acids is 4. The number of nitrogens with zero attached hydrogens (tertiary/aromatic N) is 2. The van der Waals surface area contributed by atoms with Gasteiger partial charge in [-0.15, -0.1) is 0 Å². The van der Waals surface area contributed by atoms with Crippen LogP contribution in [0.15, 0.2) is 34.5 Å². The van der Waals surface area contributed by atoms with Crippen LogP contribution in [-0.4, -0.2) is 31.2 Å². The number of rotatable bonds is 7. The summed E-state index contributed by atoms with van der Waals surface area (Å²) >= 11 is 0. The van der Waals surface area contributed by atoms with Crippen LogP contribution in [0.3, 0.4) is 0 Å². The first kappa shape index (κ1) is 14.5. The maximum atomic E-state index is 13.6. The summed E-state index contributed by atoms with van der Waals surface area (Å²) < 4.78 is 13.6. The van der Waals surface area contributed by atoms with Crippen LogP contribution in [0.4, 0.5) is 4.39 Å². The summed E-state index contributed by atoms with van der Waals surface area (Å²) in [6, 6.07) is 3.58. The molecule has 7 heteroatoms. The number of aldehydes is 4. The summed E-state index contributed by atoms with van der Waals surface area (Å²) in [5.41, 5.74) is -2.51. The third kappa shape index (κ3) is 3.01. The van der Waals surface area contributed by atoms with Crippen molar-refractivity contribution >= 4 is 25.1 Å². The first-order valence-corrected chi connectivity index (χ1v) is 5.13. The fourth-order valence-electron chi connectivity index (χ4n) is 1.29. The second-order valence-corrected chi connectivity index (χ2v) is 3.52. The van der Waals surface area contributed by atoms with Crippen LogP contribution in [0.1, 0.15) is 5.56 Å². The van der Waals surface area contributed by atoms with Crippen molar-refractivity contribution in [2.24, 2.45) is 10.2 Å². The lowest BCUT2D eigenvalue weighted by molar-refractivity contribution is -0.122. The van der Waals surface area contributed by atoms with Gasteiger partial charge in [0.2, 0.25) is 5.54 Å². The van der Waals surface area contributed by atoms with Gasteiger partial charge in [0, 0.05) is 5.56 Å². The highest BCUT2D eigenvalue weighted by Crippen LogP contribution is 2.24. The molecule has 6 nitrogen and oxygen atoms in total. The van der Waals surface area contributed by atoms with Crippen LogP contribution in [0.25, 0.3) is 0 Å². The van der Waals surface area contributed by atoms with E-state index in [0.717, 1.165) is 6.07 Å². The molecular formula is C12H9FN2O4. The smallest absolute Gasteiger partial charge is 0.219 e. The lowest BCUT2D eigenvalue weighted by Gasteiger charge is -2.16. The molecule has 0 saturated carbocycles. The van der Waals surface area contributed by atoms with Gasteiger partial charge in [0.25, 0.3) is 0 Å². The Hall–Kier alpha value is -2.57. The molecule has 0 spiro atoms. The summed E-state index contributed by atoms with van der Waals surface area (Å²) in [5.74, 6) is -0.825. The Morgan fingerprint density at radius 1 is 1.05 bits per heavy atom. The minimum Gasteiger partial charge on any atom is -0.300 e. The molecule has 0 aliphatic rings. The third-order valence-corrected chi connectivity index (χ3v) is 2.30. The van der Waals surface area contributed by atoms with Gasteiger partial charge in [-0.05, 0) is 6.07 Å². The van der Waals surface area contributed by atoms with Gasteiger partial charge in [0.05, 0.1) is 0 Å². The summed E-state index contributed by atoms with van der Waals surface area (Å²) in [7, 11) is 0. The van der Waals surface area contributed by atoms with Crippen molar-refractivity contribution < 1.29 is 23.6 Å². The van der Waals surface area contributed by atoms with Gasteiger partial charge < -0.3 is 9.59 Å². The van der Waals surface area contributed by atoms with Crippen LogP contribution < -0.4 is 0 Å². The van der Waals surface area contributed by atoms with Crippen LogP contribution >= 0.6 is 0 Å². The predicted octanol–water partition coefficient (Wildman–Crippen LogP) is 0.637. The number of carbonyl (C=O) groups is 4. The van der Waals surface area contributed by atoms with Crippen molar-refractivity contribution in [3.05, 3.63) is 35.6 Å². The van der Waals surface area contributed by atoms with E-state index in [1.54, 1.807) is 0 Å². The van der Waals surface area contributed by atoms with Crippen molar-refractivity contribution in [3.8, 4) is 0 Å².